The van der Waals surface area contributed by atoms with Crippen LogP contribution < -0.4 is 0 Å². The van der Waals surface area contributed by atoms with Crippen LogP contribution in [-0.2, 0) is 6.42 Å². The maximum atomic E-state index is 12.7. The van der Waals surface area contributed by atoms with Crippen molar-refractivity contribution in [2.45, 2.75) is 6.42 Å². The van der Waals surface area contributed by atoms with Crippen LogP contribution in [0, 0.1) is 5.82 Å². The summed E-state index contributed by atoms with van der Waals surface area (Å²) >= 11 is 2.81. The zero-order chi connectivity index (χ0) is 11.5. The third-order valence-electron chi connectivity index (χ3n) is 2.15. The van der Waals surface area contributed by atoms with Gasteiger partial charge < -0.3 is 4.42 Å². The lowest BCUT2D eigenvalue weighted by Crippen LogP contribution is -1.86. The van der Waals surface area contributed by atoms with Crippen LogP contribution in [0.15, 0.2) is 40.8 Å². The molecule has 0 fully saturated rings. The van der Waals surface area contributed by atoms with Crippen molar-refractivity contribution in [3.63, 3.8) is 0 Å². The molecule has 2 nitrogen and oxygen atoms in total. The minimum absolute atomic E-state index is 0.264. The molecule has 0 saturated carbocycles. The molecular weight excluding hydrogens is 275 g/mol. The molecule has 1 aromatic carbocycles. The molecule has 0 radical (unpaired) electrons. The average Bonchev–Trinajstić information content (AvgIpc) is 2.70. The van der Waals surface area contributed by atoms with Gasteiger partial charge in [0.1, 0.15) is 11.6 Å². The number of benzene rings is 1. The van der Waals surface area contributed by atoms with Crippen LogP contribution in [0.25, 0.3) is 0 Å². The maximum absolute atomic E-state index is 12.7. The van der Waals surface area contributed by atoms with Crippen molar-refractivity contribution in [3.05, 3.63) is 59.3 Å². The molecule has 16 heavy (non-hydrogen) atoms. The summed E-state index contributed by atoms with van der Waals surface area (Å²) in [4.78, 5) is 10.9. The van der Waals surface area contributed by atoms with E-state index < -0.39 is 0 Å². The van der Waals surface area contributed by atoms with Crippen molar-refractivity contribution in [2.24, 2.45) is 0 Å². The number of carbonyl (C=O) groups is 1. The standard InChI is InChI=1S/C12H8BrFO2/c13-12(15)11-6-5-10(16-11)7-8-1-3-9(14)4-2-8/h1-6H,7H2. The molecule has 2 aromatic rings. The molecule has 1 aromatic heterocycles. The van der Waals surface area contributed by atoms with Gasteiger partial charge in [0.15, 0.2) is 5.76 Å². The summed E-state index contributed by atoms with van der Waals surface area (Å²) in [6.45, 7) is 0. The first-order chi connectivity index (χ1) is 7.65. The summed E-state index contributed by atoms with van der Waals surface area (Å²) in [5.41, 5.74) is 0.935. The highest BCUT2D eigenvalue weighted by atomic mass is 79.9. The fourth-order valence-corrected chi connectivity index (χ4v) is 1.60. The highest BCUT2D eigenvalue weighted by Gasteiger charge is 2.07. The van der Waals surface area contributed by atoms with Crippen molar-refractivity contribution in [2.75, 3.05) is 0 Å². The lowest BCUT2D eigenvalue weighted by molar-refractivity contribution is 0.107. The number of hydrogen-bond acceptors (Lipinski definition) is 2. The molecule has 0 unspecified atom stereocenters. The number of halogens is 2. The van der Waals surface area contributed by atoms with Crippen LogP contribution in [0.5, 0.6) is 0 Å². The Morgan fingerprint density at radius 2 is 1.88 bits per heavy atom. The highest BCUT2D eigenvalue weighted by molar-refractivity contribution is 9.18. The van der Waals surface area contributed by atoms with E-state index in [9.17, 15) is 9.18 Å². The van der Waals surface area contributed by atoms with Gasteiger partial charge in [0, 0.05) is 22.4 Å². The van der Waals surface area contributed by atoms with Crippen LogP contribution in [0.2, 0.25) is 0 Å². The topological polar surface area (TPSA) is 30.2 Å². The van der Waals surface area contributed by atoms with Gasteiger partial charge in [0.05, 0.1) is 0 Å². The zero-order valence-corrected chi connectivity index (χ0v) is 9.83. The predicted octanol–water partition coefficient (Wildman–Crippen LogP) is 3.54. The third kappa shape index (κ3) is 2.58. The van der Waals surface area contributed by atoms with E-state index in [0.717, 1.165) is 5.56 Å². The van der Waals surface area contributed by atoms with E-state index in [4.69, 9.17) is 4.42 Å². The second-order valence-electron chi connectivity index (χ2n) is 3.34. The first-order valence-electron chi connectivity index (χ1n) is 4.68. The summed E-state index contributed by atoms with van der Waals surface area (Å²) < 4.78 is 17.7. The minimum Gasteiger partial charge on any atom is -0.457 e. The van der Waals surface area contributed by atoms with Gasteiger partial charge >= 0.3 is 0 Å². The molecule has 0 aliphatic carbocycles. The van der Waals surface area contributed by atoms with Crippen molar-refractivity contribution in [1.29, 1.82) is 0 Å². The monoisotopic (exact) mass is 282 g/mol. The number of carbonyl (C=O) groups excluding carboxylic acids is 1. The normalized spacial score (nSPS) is 10.4. The molecule has 0 atom stereocenters. The van der Waals surface area contributed by atoms with E-state index in [0.29, 0.717) is 12.2 Å². The second-order valence-corrected chi connectivity index (χ2v) is 4.06. The van der Waals surface area contributed by atoms with E-state index in [-0.39, 0.29) is 16.3 Å². The van der Waals surface area contributed by atoms with Gasteiger partial charge in [0.25, 0.3) is 4.69 Å². The van der Waals surface area contributed by atoms with Gasteiger partial charge in [-0.3, -0.25) is 4.79 Å². The molecule has 0 amide bonds. The van der Waals surface area contributed by atoms with Gasteiger partial charge in [-0.2, -0.15) is 0 Å². The van der Waals surface area contributed by atoms with Gasteiger partial charge in [-0.25, -0.2) is 4.39 Å². The summed E-state index contributed by atoms with van der Waals surface area (Å²) in [6.07, 6.45) is 0.542. The van der Waals surface area contributed by atoms with Gasteiger partial charge in [-0.1, -0.05) is 12.1 Å². The van der Waals surface area contributed by atoms with Gasteiger partial charge in [-0.05, 0) is 29.8 Å². The summed E-state index contributed by atoms with van der Waals surface area (Å²) in [5.74, 6) is 0.686. The number of furan rings is 1. The van der Waals surface area contributed by atoms with E-state index >= 15 is 0 Å². The fourth-order valence-electron chi connectivity index (χ4n) is 1.38. The average molecular weight is 283 g/mol. The minimum atomic E-state index is -0.280. The van der Waals surface area contributed by atoms with E-state index in [1.165, 1.54) is 12.1 Å². The molecule has 0 bridgehead atoms. The molecular formula is C12H8BrFO2. The molecule has 4 heteroatoms. The zero-order valence-electron chi connectivity index (χ0n) is 8.24. The molecule has 0 aliphatic heterocycles. The van der Waals surface area contributed by atoms with E-state index in [1.54, 1.807) is 24.3 Å². The maximum Gasteiger partial charge on any atom is 0.263 e. The Bertz CT molecular complexity index is 502. The SMILES string of the molecule is O=C(Br)c1ccc(Cc2ccc(F)cc2)o1. The highest BCUT2D eigenvalue weighted by Crippen LogP contribution is 2.15. The van der Waals surface area contributed by atoms with Crippen LogP contribution in [0.1, 0.15) is 21.9 Å². The Hall–Kier alpha value is -1.42. The van der Waals surface area contributed by atoms with Crippen LogP contribution in [0.3, 0.4) is 0 Å². The fraction of sp³-hybridized carbons (Fsp3) is 0.0833. The molecule has 82 valence electrons. The van der Waals surface area contributed by atoms with Crippen molar-refractivity contribution < 1.29 is 13.6 Å². The van der Waals surface area contributed by atoms with Crippen LogP contribution >= 0.6 is 15.9 Å². The van der Waals surface area contributed by atoms with Crippen molar-refractivity contribution >= 4 is 20.6 Å². The number of rotatable bonds is 3. The summed E-state index contributed by atoms with van der Waals surface area (Å²) in [5, 5.41) is 0. The Kier molecular flexibility index (Phi) is 3.19. The van der Waals surface area contributed by atoms with Crippen molar-refractivity contribution in [1.82, 2.24) is 0 Å². The molecule has 0 spiro atoms. The summed E-state index contributed by atoms with van der Waals surface area (Å²) in [6, 6.07) is 9.51. The molecule has 0 N–H and O–H groups in total. The van der Waals surface area contributed by atoms with Crippen molar-refractivity contribution in [3.8, 4) is 0 Å². The van der Waals surface area contributed by atoms with E-state index in [2.05, 4.69) is 15.9 Å². The largest absolute Gasteiger partial charge is 0.457 e. The first kappa shape index (κ1) is 11.1. The van der Waals surface area contributed by atoms with E-state index in [1.807, 2.05) is 0 Å². The molecule has 0 saturated heterocycles. The second kappa shape index (κ2) is 4.61. The lowest BCUT2D eigenvalue weighted by Gasteiger charge is -1.97. The lowest BCUT2D eigenvalue weighted by atomic mass is 10.1. The van der Waals surface area contributed by atoms with Crippen LogP contribution in [-0.4, -0.2) is 4.69 Å². The van der Waals surface area contributed by atoms with Gasteiger partial charge in [0.2, 0.25) is 0 Å². The number of hydrogen-bond donors (Lipinski definition) is 0. The van der Waals surface area contributed by atoms with Gasteiger partial charge in [-0.15, -0.1) is 0 Å². The molecule has 0 aliphatic rings. The Balaban J connectivity index is 2.14. The summed E-state index contributed by atoms with van der Waals surface area (Å²) in [7, 11) is 0. The Morgan fingerprint density at radius 1 is 1.19 bits per heavy atom. The first-order valence-corrected chi connectivity index (χ1v) is 5.47. The predicted molar refractivity (Wildman–Crippen MR) is 61.2 cm³/mol. The molecule has 1 heterocycles. The third-order valence-corrected chi connectivity index (χ3v) is 2.54. The quantitative estimate of drug-likeness (QED) is 0.806. The Morgan fingerprint density at radius 3 is 2.44 bits per heavy atom. The van der Waals surface area contributed by atoms with Crippen LogP contribution in [0.4, 0.5) is 4.39 Å². The molecule has 2 rings (SSSR count). The smallest absolute Gasteiger partial charge is 0.263 e. The Labute approximate surface area is 100 Å².